The number of aromatic nitrogens is 1. The highest BCUT2D eigenvalue weighted by Crippen LogP contribution is 2.28. The Balaban J connectivity index is 1.49. The largest absolute Gasteiger partial charge is 0.460 e. The minimum Gasteiger partial charge on any atom is -0.460 e. The van der Waals surface area contributed by atoms with Crippen LogP contribution in [0.25, 0.3) is 11.1 Å². The molecule has 4 aromatic rings. The maximum absolute atomic E-state index is 12.9. The van der Waals surface area contributed by atoms with Crippen LogP contribution in [0.3, 0.4) is 0 Å². The maximum Gasteiger partial charge on any atom is 0.268 e. The molecule has 2 aromatic heterocycles. The summed E-state index contributed by atoms with van der Waals surface area (Å²) < 4.78 is 7.71. The fraction of sp³-hybridized carbons (Fsp3) is 0.240. The highest BCUT2D eigenvalue weighted by atomic mass is 16.3. The van der Waals surface area contributed by atoms with Gasteiger partial charge in [-0.15, -0.1) is 0 Å². The molecule has 2 heterocycles. The number of fused-ring (bicyclic) bond motifs is 1. The fourth-order valence-electron chi connectivity index (χ4n) is 4.01. The van der Waals surface area contributed by atoms with Crippen molar-refractivity contribution in [3.63, 3.8) is 0 Å². The van der Waals surface area contributed by atoms with Crippen molar-refractivity contribution in [2.24, 2.45) is 0 Å². The third kappa shape index (κ3) is 3.97. The third-order valence-corrected chi connectivity index (χ3v) is 5.38. The molecule has 4 heteroatoms. The van der Waals surface area contributed by atoms with E-state index in [1.165, 1.54) is 11.1 Å². The molecule has 0 spiro atoms. The van der Waals surface area contributed by atoms with Crippen molar-refractivity contribution < 1.29 is 9.21 Å². The second-order valence-electron chi connectivity index (χ2n) is 7.30. The van der Waals surface area contributed by atoms with Crippen LogP contribution >= 0.6 is 0 Å². The Hall–Kier alpha value is -3.27. The van der Waals surface area contributed by atoms with Gasteiger partial charge in [-0.25, -0.2) is 0 Å². The van der Waals surface area contributed by atoms with Crippen LogP contribution in [0.15, 0.2) is 77.2 Å². The predicted octanol–water partition coefficient (Wildman–Crippen LogP) is 5.51. The van der Waals surface area contributed by atoms with Gasteiger partial charge in [0.15, 0.2) is 5.58 Å². The van der Waals surface area contributed by atoms with E-state index in [9.17, 15) is 4.79 Å². The quantitative estimate of drug-likeness (QED) is 0.455. The molecule has 1 amide bonds. The predicted molar refractivity (Wildman–Crippen MR) is 116 cm³/mol. The van der Waals surface area contributed by atoms with Crippen molar-refractivity contribution in [1.29, 1.82) is 0 Å². The first-order valence-corrected chi connectivity index (χ1v) is 10.1. The second-order valence-corrected chi connectivity index (χ2v) is 7.30. The lowest BCUT2D eigenvalue weighted by Crippen LogP contribution is -2.27. The fourth-order valence-corrected chi connectivity index (χ4v) is 4.01. The molecule has 0 radical (unpaired) electrons. The Morgan fingerprint density at radius 2 is 1.62 bits per heavy atom. The summed E-state index contributed by atoms with van der Waals surface area (Å²) in [5.74, 6) is 1.04. The van der Waals surface area contributed by atoms with Crippen LogP contribution in [0.2, 0.25) is 0 Å². The number of nitrogens with one attached hydrogen (secondary N) is 1. The molecule has 29 heavy (non-hydrogen) atoms. The molecule has 0 saturated carbocycles. The standard InChI is InChI=1S/C25H26N2O2/c1-3-27-22-16-18(2)29-24(22)17-23(27)25(28)26-15-14-21(19-10-6-4-7-11-19)20-12-8-5-9-13-20/h4-13,16-17,21H,3,14-15H2,1-2H3,(H,26,28). The first-order chi connectivity index (χ1) is 14.2. The number of nitrogens with zero attached hydrogens (tertiary/aromatic N) is 1. The van der Waals surface area contributed by atoms with Gasteiger partial charge >= 0.3 is 0 Å². The molecule has 0 aliphatic rings. The van der Waals surface area contributed by atoms with Gasteiger partial charge in [0.1, 0.15) is 11.5 Å². The number of hydrogen-bond donors (Lipinski definition) is 1. The highest BCUT2D eigenvalue weighted by Gasteiger charge is 2.18. The summed E-state index contributed by atoms with van der Waals surface area (Å²) in [5.41, 5.74) is 4.91. The normalized spacial score (nSPS) is 11.3. The van der Waals surface area contributed by atoms with Crippen molar-refractivity contribution in [3.05, 3.63) is 95.4 Å². The van der Waals surface area contributed by atoms with Gasteiger partial charge in [-0.05, 0) is 31.4 Å². The van der Waals surface area contributed by atoms with Gasteiger partial charge < -0.3 is 14.3 Å². The summed E-state index contributed by atoms with van der Waals surface area (Å²) in [6.45, 7) is 5.29. The van der Waals surface area contributed by atoms with E-state index in [2.05, 4.69) is 53.8 Å². The van der Waals surface area contributed by atoms with Gasteiger partial charge in [-0.2, -0.15) is 0 Å². The lowest BCUT2D eigenvalue weighted by Gasteiger charge is -2.18. The third-order valence-electron chi connectivity index (χ3n) is 5.38. The van der Waals surface area contributed by atoms with Gasteiger partial charge in [-0.1, -0.05) is 60.7 Å². The summed E-state index contributed by atoms with van der Waals surface area (Å²) in [6.07, 6.45) is 0.835. The number of rotatable bonds is 7. The molecule has 148 valence electrons. The number of furan rings is 1. The number of carbonyl (C=O) groups excluding carboxylic acids is 1. The van der Waals surface area contributed by atoms with Gasteiger partial charge in [0, 0.05) is 31.1 Å². The Bertz CT molecular complexity index is 1050. The van der Waals surface area contributed by atoms with Crippen LogP contribution in [0.4, 0.5) is 0 Å². The van der Waals surface area contributed by atoms with Crippen LogP contribution in [-0.2, 0) is 6.54 Å². The SMILES string of the molecule is CCn1c(C(=O)NCCC(c2ccccc2)c2ccccc2)cc2oc(C)cc21. The second kappa shape index (κ2) is 8.39. The lowest BCUT2D eigenvalue weighted by molar-refractivity contribution is 0.0944. The number of hydrogen-bond acceptors (Lipinski definition) is 2. The molecule has 0 bridgehead atoms. The molecule has 4 nitrogen and oxygen atoms in total. The van der Waals surface area contributed by atoms with Crippen LogP contribution in [-0.4, -0.2) is 17.0 Å². The molecular weight excluding hydrogens is 360 g/mol. The van der Waals surface area contributed by atoms with Gasteiger partial charge in [0.25, 0.3) is 5.91 Å². The van der Waals surface area contributed by atoms with E-state index >= 15 is 0 Å². The molecule has 0 atom stereocenters. The van der Waals surface area contributed by atoms with E-state index in [0.29, 0.717) is 12.2 Å². The minimum absolute atomic E-state index is 0.0595. The Kier molecular flexibility index (Phi) is 5.52. The average molecular weight is 386 g/mol. The molecule has 2 aromatic carbocycles. The number of carbonyl (C=O) groups is 1. The smallest absolute Gasteiger partial charge is 0.268 e. The van der Waals surface area contributed by atoms with Gasteiger partial charge in [-0.3, -0.25) is 4.79 Å². The van der Waals surface area contributed by atoms with Crippen molar-refractivity contribution in [2.45, 2.75) is 32.7 Å². The van der Waals surface area contributed by atoms with Crippen molar-refractivity contribution in [1.82, 2.24) is 9.88 Å². The maximum atomic E-state index is 12.9. The van der Waals surface area contributed by atoms with Crippen molar-refractivity contribution in [3.8, 4) is 0 Å². The minimum atomic E-state index is -0.0595. The van der Waals surface area contributed by atoms with E-state index in [1.54, 1.807) is 0 Å². The summed E-state index contributed by atoms with van der Waals surface area (Å²) >= 11 is 0. The molecular formula is C25H26N2O2. The topological polar surface area (TPSA) is 47.2 Å². The van der Waals surface area contributed by atoms with Gasteiger partial charge in [0.05, 0.1) is 5.52 Å². The monoisotopic (exact) mass is 386 g/mol. The number of benzene rings is 2. The van der Waals surface area contributed by atoms with Crippen LogP contribution in [0.1, 0.15) is 46.6 Å². The zero-order chi connectivity index (χ0) is 20.2. The van der Waals surface area contributed by atoms with Crippen molar-refractivity contribution >= 4 is 17.0 Å². The van der Waals surface area contributed by atoms with Crippen LogP contribution in [0.5, 0.6) is 0 Å². The molecule has 0 saturated heterocycles. The molecule has 0 aliphatic heterocycles. The van der Waals surface area contributed by atoms with E-state index in [0.717, 1.165) is 29.8 Å². The summed E-state index contributed by atoms with van der Waals surface area (Å²) in [6, 6.07) is 24.7. The lowest BCUT2D eigenvalue weighted by atomic mass is 9.88. The van der Waals surface area contributed by atoms with Gasteiger partial charge in [0.2, 0.25) is 0 Å². The summed E-state index contributed by atoms with van der Waals surface area (Å²) in [5, 5.41) is 3.11. The highest BCUT2D eigenvalue weighted by molar-refractivity contribution is 5.97. The van der Waals surface area contributed by atoms with Crippen LogP contribution in [0, 0.1) is 6.92 Å². The van der Waals surface area contributed by atoms with Crippen LogP contribution < -0.4 is 5.32 Å². The van der Waals surface area contributed by atoms with Crippen molar-refractivity contribution in [2.75, 3.05) is 6.54 Å². The first-order valence-electron chi connectivity index (χ1n) is 10.1. The zero-order valence-corrected chi connectivity index (χ0v) is 16.9. The van der Waals surface area contributed by atoms with E-state index < -0.39 is 0 Å². The Morgan fingerprint density at radius 1 is 1.00 bits per heavy atom. The first kappa shape index (κ1) is 19.1. The molecule has 1 N–H and O–H groups in total. The Morgan fingerprint density at radius 3 is 2.21 bits per heavy atom. The molecule has 0 aliphatic carbocycles. The van der Waals surface area contributed by atoms with E-state index in [1.807, 2.05) is 42.7 Å². The van der Waals surface area contributed by atoms with E-state index in [-0.39, 0.29) is 11.8 Å². The zero-order valence-electron chi connectivity index (χ0n) is 16.9. The summed E-state index contributed by atoms with van der Waals surface area (Å²) in [4.78, 5) is 12.9. The average Bonchev–Trinajstić information content (AvgIpc) is 3.28. The number of aryl methyl sites for hydroxylation is 2. The molecule has 0 unspecified atom stereocenters. The molecule has 4 rings (SSSR count). The molecule has 0 fully saturated rings. The summed E-state index contributed by atoms with van der Waals surface area (Å²) in [7, 11) is 0. The van der Waals surface area contributed by atoms with E-state index in [4.69, 9.17) is 4.42 Å². The number of amides is 1. The Labute approximate surface area is 171 Å².